The lowest BCUT2D eigenvalue weighted by Gasteiger charge is -2.32. The van der Waals surface area contributed by atoms with Gasteiger partial charge in [0, 0.05) is 25.2 Å². The fourth-order valence-electron chi connectivity index (χ4n) is 3.66. The second kappa shape index (κ2) is 12.5. The number of halogens is 3. The van der Waals surface area contributed by atoms with Crippen LogP contribution in [0.4, 0.5) is 18.0 Å². The van der Waals surface area contributed by atoms with Gasteiger partial charge in [-0.1, -0.05) is 18.2 Å². The van der Waals surface area contributed by atoms with Gasteiger partial charge in [0.1, 0.15) is 5.82 Å². The van der Waals surface area contributed by atoms with Gasteiger partial charge in [-0.3, -0.25) is 19.5 Å². The molecule has 0 bridgehead atoms. The summed E-state index contributed by atoms with van der Waals surface area (Å²) in [6.07, 6.45) is 1.68. The molecule has 4 N–H and O–H groups in total. The van der Waals surface area contributed by atoms with Gasteiger partial charge >= 0.3 is 6.03 Å². The number of nitrogens with one attached hydrogen (secondary N) is 2. The first-order valence-electron chi connectivity index (χ1n) is 11.1. The number of carbonyl (C=O) groups is 2. The van der Waals surface area contributed by atoms with Crippen LogP contribution in [0.25, 0.3) is 6.08 Å². The van der Waals surface area contributed by atoms with E-state index >= 15 is 0 Å². The van der Waals surface area contributed by atoms with E-state index in [2.05, 4.69) is 10.9 Å². The molecule has 0 saturated heterocycles. The highest BCUT2D eigenvalue weighted by atomic mass is 19.2. The van der Waals surface area contributed by atoms with Crippen molar-refractivity contribution in [2.75, 3.05) is 13.2 Å². The minimum Gasteiger partial charge on any atom is -0.394 e. The van der Waals surface area contributed by atoms with Crippen LogP contribution in [0.2, 0.25) is 0 Å². The fourth-order valence-corrected chi connectivity index (χ4v) is 3.66. The Kier molecular flexibility index (Phi) is 9.42. The number of aliphatic hydroxyl groups excluding tert-OH is 2. The number of nitrogens with zero attached hydrogens (tertiary/aromatic N) is 2. The Morgan fingerprint density at radius 1 is 1.22 bits per heavy atom. The van der Waals surface area contributed by atoms with Gasteiger partial charge in [0.05, 0.1) is 31.9 Å². The van der Waals surface area contributed by atoms with Crippen molar-refractivity contribution in [1.82, 2.24) is 20.8 Å². The van der Waals surface area contributed by atoms with E-state index in [1.807, 2.05) is 0 Å². The second-order valence-electron chi connectivity index (χ2n) is 8.17. The lowest BCUT2D eigenvalue weighted by atomic mass is 10.0. The van der Waals surface area contributed by atoms with Gasteiger partial charge in [-0.15, -0.1) is 0 Å². The van der Waals surface area contributed by atoms with Crippen LogP contribution in [0.15, 0.2) is 42.6 Å². The Hall–Kier alpha value is -3.45. The number of carbonyl (C=O) groups excluding carboxylic acids is 2. The third kappa shape index (κ3) is 7.04. The standard InChI is InChI=1S/C24H27F3N4O5/c1-15(33)31(28-11-17-3-2-4-22(26)23(17)27)20(10-21(34)13-32)14-36-29-24(35)30-8-7-16-9-19(25)6-5-18(16)12-30/h2-9,20-21,28,32,34H,10-14H2,1H3,(H,29,35)/t20-,21-/m0/s1. The van der Waals surface area contributed by atoms with Crippen LogP contribution in [0.3, 0.4) is 0 Å². The number of benzene rings is 2. The SMILES string of the molecule is CC(=O)N(NCc1cccc(F)c1F)[C@H](CONC(=O)N1C=Cc2cc(F)ccc2C1)C[C@H](O)CO. The maximum absolute atomic E-state index is 14.0. The molecule has 12 heteroatoms. The first-order chi connectivity index (χ1) is 17.2. The zero-order valence-electron chi connectivity index (χ0n) is 19.5. The number of amides is 3. The number of urea groups is 1. The van der Waals surface area contributed by atoms with Gasteiger partial charge in [-0.25, -0.2) is 28.9 Å². The van der Waals surface area contributed by atoms with E-state index in [4.69, 9.17) is 4.84 Å². The number of hydrogen-bond acceptors (Lipinski definition) is 6. The Morgan fingerprint density at radius 2 is 2.00 bits per heavy atom. The summed E-state index contributed by atoms with van der Waals surface area (Å²) in [4.78, 5) is 31.4. The van der Waals surface area contributed by atoms with Crippen LogP contribution in [-0.2, 0) is 22.7 Å². The van der Waals surface area contributed by atoms with Crippen LogP contribution in [0.5, 0.6) is 0 Å². The molecule has 9 nitrogen and oxygen atoms in total. The number of hydrogen-bond donors (Lipinski definition) is 4. The number of fused-ring (bicyclic) bond motifs is 1. The number of rotatable bonds is 10. The molecule has 0 radical (unpaired) electrons. The lowest BCUT2D eigenvalue weighted by molar-refractivity contribution is -0.139. The molecule has 1 aliphatic rings. The third-order valence-corrected chi connectivity index (χ3v) is 5.51. The van der Waals surface area contributed by atoms with Crippen LogP contribution in [0, 0.1) is 17.5 Å². The molecule has 0 aliphatic carbocycles. The van der Waals surface area contributed by atoms with E-state index in [9.17, 15) is 33.0 Å². The summed E-state index contributed by atoms with van der Waals surface area (Å²) in [7, 11) is 0. The van der Waals surface area contributed by atoms with Crippen LogP contribution in [-0.4, -0.2) is 57.4 Å². The highest BCUT2D eigenvalue weighted by Gasteiger charge is 2.26. The molecule has 3 amide bonds. The molecule has 2 atom stereocenters. The molecular formula is C24H27F3N4O5. The maximum atomic E-state index is 14.0. The monoisotopic (exact) mass is 508 g/mol. The summed E-state index contributed by atoms with van der Waals surface area (Å²) >= 11 is 0. The van der Waals surface area contributed by atoms with Gasteiger partial charge < -0.3 is 10.2 Å². The minimum atomic E-state index is -1.22. The van der Waals surface area contributed by atoms with Crippen molar-refractivity contribution in [1.29, 1.82) is 0 Å². The molecule has 1 heterocycles. The van der Waals surface area contributed by atoms with E-state index in [1.54, 1.807) is 12.1 Å². The smallest absolute Gasteiger partial charge is 0.345 e. The number of hydrazine groups is 1. The minimum absolute atomic E-state index is 0.0334. The molecule has 2 aromatic rings. The van der Waals surface area contributed by atoms with Crippen molar-refractivity contribution in [3.8, 4) is 0 Å². The van der Waals surface area contributed by atoms with Gasteiger partial charge in [0.25, 0.3) is 0 Å². The highest BCUT2D eigenvalue weighted by molar-refractivity contribution is 5.76. The largest absolute Gasteiger partial charge is 0.394 e. The van der Waals surface area contributed by atoms with E-state index in [-0.39, 0.29) is 37.5 Å². The van der Waals surface area contributed by atoms with Crippen molar-refractivity contribution in [3.05, 3.63) is 76.7 Å². The Labute approximate surface area is 205 Å². The topological polar surface area (TPSA) is 114 Å². The summed E-state index contributed by atoms with van der Waals surface area (Å²) in [5.74, 6) is -3.02. The van der Waals surface area contributed by atoms with Crippen molar-refractivity contribution < 1.29 is 37.8 Å². The van der Waals surface area contributed by atoms with Crippen LogP contribution >= 0.6 is 0 Å². The Morgan fingerprint density at radius 3 is 2.72 bits per heavy atom. The second-order valence-corrected chi connectivity index (χ2v) is 8.17. The normalized spacial score (nSPS) is 14.2. The molecule has 194 valence electrons. The molecule has 0 aromatic heterocycles. The summed E-state index contributed by atoms with van der Waals surface area (Å²) in [5, 5.41) is 20.2. The first-order valence-corrected chi connectivity index (χ1v) is 11.1. The van der Waals surface area contributed by atoms with E-state index in [1.165, 1.54) is 42.3 Å². The van der Waals surface area contributed by atoms with Gasteiger partial charge in [0.15, 0.2) is 11.6 Å². The van der Waals surface area contributed by atoms with Crippen molar-refractivity contribution in [2.45, 2.75) is 38.6 Å². The third-order valence-electron chi connectivity index (χ3n) is 5.51. The molecule has 1 aliphatic heterocycles. The lowest BCUT2D eigenvalue weighted by Crippen LogP contribution is -2.52. The molecule has 0 spiro atoms. The Bertz CT molecular complexity index is 1120. The van der Waals surface area contributed by atoms with Crippen molar-refractivity contribution in [3.63, 3.8) is 0 Å². The van der Waals surface area contributed by atoms with Crippen molar-refractivity contribution in [2.24, 2.45) is 0 Å². The predicted molar refractivity (Wildman–Crippen MR) is 123 cm³/mol. The summed E-state index contributed by atoms with van der Waals surface area (Å²) in [5.41, 5.74) is 6.28. The summed E-state index contributed by atoms with van der Waals surface area (Å²) in [6.45, 7) is 0.241. The molecule has 2 aromatic carbocycles. The van der Waals surface area contributed by atoms with E-state index in [0.29, 0.717) is 5.56 Å². The zero-order valence-corrected chi connectivity index (χ0v) is 19.5. The maximum Gasteiger partial charge on any atom is 0.345 e. The summed E-state index contributed by atoms with van der Waals surface area (Å²) < 4.78 is 40.9. The van der Waals surface area contributed by atoms with E-state index < -0.39 is 42.3 Å². The number of hydroxylamine groups is 1. The van der Waals surface area contributed by atoms with Crippen LogP contribution in [0.1, 0.15) is 30.0 Å². The molecule has 36 heavy (non-hydrogen) atoms. The quantitative estimate of drug-likeness (QED) is 0.366. The van der Waals surface area contributed by atoms with Gasteiger partial charge in [0.2, 0.25) is 5.91 Å². The van der Waals surface area contributed by atoms with Crippen molar-refractivity contribution >= 4 is 18.0 Å². The fraction of sp³-hybridized carbons (Fsp3) is 0.333. The van der Waals surface area contributed by atoms with Crippen LogP contribution < -0.4 is 10.9 Å². The first kappa shape index (κ1) is 27.1. The van der Waals surface area contributed by atoms with E-state index in [0.717, 1.165) is 16.6 Å². The highest BCUT2D eigenvalue weighted by Crippen LogP contribution is 2.20. The average molecular weight is 508 g/mol. The average Bonchev–Trinajstić information content (AvgIpc) is 2.85. The molecular weight excluding hydrogens is 481 g/mol. The van der Waals surface area contributed by atoms with Gasteiger partial charge in [-0.05, 0) is 41.8 Å². The predicted octanol–water partition coefficient (Wildman–Crippen LogP) is 2.20. The molecule has 0 saturated carbocycles. The zero-order chi connectivity index (χ0) is 26.2. The molecule has 0 fully saturated rings. The summed E-state index contributed by atoms with van der Waals surface area (Å²) in [6, 6.07) is 6.31. The number of aliphatic hydroxyl groups is 2. The molecule has 3 rings (SSSR count). The Balaban J connectivity index is 1.62. The van der Waals surface area contributed by atoms with Gasteiger partial charge in [-0.2, -0.15) is 0 Å². The molecule has 0 unspecified atom stereocenters.